The van der Waals surface area contributed by atoms with Gasteiger partial charge in [-0.05, 0) is 61.6 Å². The molecule has 1 aromatic heterocycles. The summed E-state index contributed by atoms with van der Waals surface area (Å²) in [6, 6.07) is 9.29. The fourth-order valence-corrected chi connectivity index (χ4v) is 2.23. The van der Waals surface area contributed by atoms with E-state index in [0.29, 0.717) is 18.9 Å². The summed E-state index contributed by atoms with van der Waals surface area (Å²) in [5, 5.41) is 2.80. The third-order valence-electron chi connectivity index (χ3n) is 3.76. The Balaban J connectivity index is 1.43. The number of furan rings is 1. The van der Waals surface area contributed by atoms with Crippen LogP contribution in [0.3, 0.4) is 0 Å². The maximum absolute atomic E-state index is 12.9. The summed E-state index contributed by atoms with van der Waals surface area (Å²) in [4.78, 5) is 12.0. The number of rotatable bonds is 8. The molecule has 1 aromatic carbocycles. The highest BCUT2D eigenvalue weighted by Gasteiger charge is 2.20. The van der Waals surface area contributed by atoms with E-state index >= 15 is 0 Å². The molecule has 1 amide bonds. The van der Waals surface area contributed by atoms with Crippen molar-refractivity contribution in [3.05, 3.63) is 48.0 Å². The zero-order chi connectivity index (χ0) is 16.1. The first kappa shape index (κ1) is 15.7. The molecule has 1 heterocycles. The fraction of sp³-hybridized carbons (Fsp3) is 0.389. The largest absolute Gasteiger partial charge is 0.451 e. The number of benzene rings is 1. The molecule has 0 aliphatic heterocycles. The van der Waals surface area contributed by atoms with E-state index in [1.165, 1.54) is 25.0 Å². The third-order valence-corrected chi connectivity index (χ3v) is 3.76. The van der Waals surface area contributed by atoms with Gasteiger partial charge < -0.3 is 14.5 Å². The van der Waals surface area contributed by atoms with Gasteiger partial charge in [0.2, 0.25) is 0 Å². The Morgan fingerprint density at radius 3 is 2.74 bits per heavy atom. The average molecular weight is 317 g/mol. The van der Waals surface area contributed by atoms with Crippen LogP contribution in [0.1, 0.15) is 29.8 Å². The minimum Gasteiger partial charge on any atom is -0.451 e. The summed E-state index contributed by atoms with van der Waals surface area (Å²) >= 11 is 0. The van der Waals surface area contributed by atoms with Crippen LogP contribution in [0.5, 0.6) is 0 Å². The van der Waals surface area contributed by atoms with Crippen LogP contribution in [-0.4, -0.2) is 25.7 Å². The van der Waals surface area contributed by atoms with E-state index in [9.17, 15) is 9.18 Å². The van der Waals surface area contributed by atoms with Crippen molar-refractivity contribution in [2.75, 3.05) is 19.8 Å². The Kier molecular flexibility index (Phi) is 5.08. The zero-order valence-corrected chi connectivity index (χ0v) is 12.9. The molecule has 0 saturated heterocycles. The summed E-state index contributed by atoms with van der Waals surface area (Å²) < 4.78 is 23.9. The predicted octanol–water partition coefficient (Wildman–Crippen LogP) is 3.63. The SMILES string of the molecule is O=C(NCCCOCC1CC1)c1ccc(-c2ccc(F)cc2)o1. The third kappa shape index (κ3) is 4.66. The van der Waals surface area contributed by atoms with Gasteiger partial charge in [-0.15, -0.1) is 0 Å². The number of hydrogen-bond donors (Lipinski definition) is 1. The number of nitrogens with one attached hydrogen (secondary N) is 1. The Hall–Kier alpha value is -2.14. The molecule has 2 aromatic rings. The zero-order valence-electron chi connectivity index (χ0n) is 12.9. The molecule has 1 fully saturated rings. The minimum absolute atomic E-state index is 0.249. The van der Waals surface area contributed by atoms with E-state index in [4.69, 9.17) is 9.15 Å². The van der Waals surface area contributed by atoms with Gasteiger partial charge in [0.05, 0.1) is 0 Å². The molecule has 0 spiro atoms. The van der Waals surface area contributed by atoms with Crippen molar-refractivity contribution in [2.24, 2.45) is 5.92 Å². The summed E-state index contributed by atoms with van der Waals surface area (Å²) in [5.74, 6) is 1.01. The van der Waals surface area contributed by atoms with Gasteiger partial charge in [0, 0.05) is 25.3 Å². The van der Waals surface area contributed by atoms with Crippen molar-refractivity contribution < 1.29 is 18.3 Å². The maximum Gasteiger partial charge on any atom is 0.287 e. The average Bonchev–Trinajstić information content (AvgIpc) is 3.25. The molecule has 23 heavy (non-hydrogen) atoms. The lowest BCUT2D eigenvalue weighted by Gasteiger charge is -2.04. The lowest BCUT2D eigenvalue weighted by Crippen LogP contribution is -2.24. The van der Waals surface area contributed by atoms with Crippen molar-refractivity contribution in [1.82, 2.24) is 5.32 Å². The second kappa shape index (κ2) is 7.42. The van der Waals surface area contributed by atoms with Gasteiger partial charge in [0.15, 0.2) is 5.76 Å². The van der Waals surface area contributed by atoms with Crippen molar-refractivity contribution in [2.45, 2.75) is 19.3 Å². The molecule has 1 saturated carbocycles. The van der Waals surface area contributed by atoms with E-state index < -0.39 is 0 Å². The maximum atomic E-state index is 12.9. The first-order valence-electron chi connectivity index (χ1n) is 7.94. The molecule has 1 aliphatic rings. The highest BCUT2D eigenvalue weighted by Crippen LogP contribution is 2.28. The molecule has 3 rings (SSSR count). The highest BCUT2D eigenvalue weighted by molar-refractivity contribution is 5.92. The van der Waals surface area contributed by atoms with Gasteiger partial charge in [-0.1, -0.05) is 0 Å². The van der Waals surface area contributed by atoms with Crippen LogP contribution in [0.15, 0.2) is 40.8 Å². The quantitative estimate of drug-likeness (QED) is 0.756. The van der Waals surface area contributed by atoms with Gasteiger partial charge in [-0.3, -0.25) is 4.79 Å². The summed E-state index contributed by atoms with van der Waals surface area (Å²) in [6.45, 7) is 2.05. The molecule has 4 nitrogen and oxygen atoms in total. The van der Waals surface area contributed by atoms with Crippen molar-refractivity contribution >= 4 is 5.91 Å². The second-order valence-corrected chi connectivity index (χ2v) is 5.80. The number of carbonyl (C=O) groups is 1. The number of halogens is 1. The molecule has 0 unspecified atom stereocenters. The number of hydrogen-bond acceptors (Lipinski definition) is 3. The molecular formula is C18H20FNO3. The van der Waals surface area contributed by atoms with Crippen molar-refractivity contribution in [1.29, 1.82) is 0 Å². The molecule has 1 aliphatic carbocycles. The lowest BCUT2D eigenvalue weighted by molar-refractivity contribution is 0.0911. The van der Waals surface area contributed by atoms with Crippen LogP contribution in [0.2, 0.25) is 0 Å². The predicted molar refractivity (Wildman–Crippen MR) is 84.6 cm³/mol. The molecule has 0 bridgehead atoms. The summed E-state index contributed by atoms with van der Waals surface area (Å²) in [5.41, 5.74) is 0.735. The van der Waals surface area contributed by atoms with Gasteiger partial charge in [-0.25, -0.2) is 4.39 Å². The number of amides is 1. The molecule has 5 heteroatoms. The Bertz CT molecular complexity index is 647. The number of ether oxygens (including phenoxy) is 1. The van der Waals surface area contributed by atoms with Gasteiger partial charge in [0.1, 0.15) is 11.6 Å². The van der Waals surface area contributed by atoms with Crippen LogP contribution < -0.4 is 5.32 Å². The van der Waals surface area contributed by atoms with Crippen molar-refractivity contribution in [3.8, 4) is 11.3 Å². The number of carbonyl (C=O) groups excluding carboxylic acids is 1. The topological polar surface area (TPSA) is 51.5 Å². The van der Waals surface area contributed by atoms with Crippen LogP contribution in [0, 0.1) is 11.7 Å². The monoisotopic (exact) mass is 317 g/mol. The van der Waals surface area contributed by atoms with E-state index in [2.05, 4.69) is 5.32 Å². The standard InChI is InChI=1S/C18H20FNO3/c19-15-6-4-14(5-7-15)16-8-9-17(23-16)18(21)20-10-1-11-22-12-13-2-3-13/h4-9,13H,1-3,10-12H2,(H,20,21). The first-order valence-corrected chi connectivity index (χ1v) is 7.94. The summed E-state index contributed by atoms with van der Waals surface area (Å²) in [7, 11) is 0. The van der Waals surface area contributed by atoms with Crippen LogP contribution in [-0.2, 0) is 4.74 Å². The molecule has 0 radical (unpaired) electrons. The molecule has 1 N–H and O–H groups in total. The molecule has 0 atom stereocenters. The van der Waals surface area contributed by atoms with Gasteiger partial charge in [0.25, 0.3) is 5.91 Å². The van der Waals surface area contributed by atoms with E-state index in [-0.39, 0.29) is 17.5 Å². The molecular weight excluding hydrogens is 297 g/mol. The Morgan fingerprint density at radius 1 is 1.22 bits per heavy atom. The summed E-state index contributed by atoms with van der Waals surface area (Å²) in [6.07, 6.45) is 3.35. The van der Waals surface area contributed by atoms with E-state index in [0.717, 1.165) is 24.5 Å². The Morgan fingerprint density at radius 2 is 2.00 bits per heavy atom. The lowest BCUT2D eigenvalue weighted by atomic mass is 10.2. The smallest absolute Gasteiger partial charge is 0.287 e. The normalized spacial score (nSPS) is 14.0. The van der Waals surface area contributed by atoms with E-state index in [1.807, 2.05) is 0 Å². The van der Waals surface area contributed by atoms with Crippen LogP contribution in [0.4, 0.5) is 4.39 Å². The second-order valence-electron chi connectivity index (χ2n) is 5.80. The Labute approximate surface area is 134 Å². The van der Waals surface area contributed by atoms with Crippen LogP contribution >= 0.6 is 0 Å². The first-order chi connectivity index (χ1) is 11.2. The van der Waals surface area contributed by atoms with Crippen LogP contribution in [0.25, 0.3) is 11.3 Å². The fourth-order valence-electron chi connectivity index (χ4n) is 2.23. The minimum atomic E-state index is -0.304. The van der Waals surface area contributed by atoms with Gasteiger partial charge >= 0.3 is 0 Å². The highest BCUT2D eigenvalue weighted by atomic mass is 19.1. The molecule has 122 valence electrons. The van der Waals surface area contributed by atoms with Gasteiger partial charge in [-0.2, -0.15) is 0 Å². The van der Waals surface area contributed by atoms with Crippen molar-refractivity contribution in [3.63, 3.8) is 0 Å². The van der Waals surface area contributed by atoms with E-state index in [1.54, 1.807) is 24.3 Å².